The first-order valence-electron chi connectivity index (χ1n) is 7.42. The number of hydrogen-bond acceptors (Lipinski definition) is 5. The molecule has 1 fully saturated rings. The van der Waals surface area contributed by atoms with E-state index < -0.39 is 5.60 Å². The van der Waals surface area contributed by atoms with Gasteiger partial charge >= 0.3 is 0 Å². The average molecular weight is 293 g/mol. The Hall–Kier alpha value is -1.82. The zero-order chi connectivity index (χ0) is 15.5. The van der Waals surface area contributed by atoms with Gasteiger partial charge in [-0.1, -0.05) is 6.92 Å². The lowest BCUT2D eigenvalue weighted by Crippen LogP contribution is -2.46. The van der Waals surface area contributed by atoms with Crippen molar-refractivity contribution in [3.05, 3.63) is 28.3 Å². The molecule has 0 aromatic heterocycles. The van der Waals surface area contributed by atoms with E-state index in [2.05, 4.69) is 5.32 Å². The van der Waals surface area contributed by atoms with E-state index in [4.69, 9.17) is 0 Å². The molecule has 6 nitrogen and oxygen atoms in total. The highest BCUT2D eigenvalue weighted by molar-refractivity contribution is 5.64. The van der Waals surface area contributed by atoms with Crippen LogP contribution in [0.25, 0.3) is 0 Å². The number of nitrogens with zero attached hydrogens (tertiary/aromatic N) is 2. The summed E-state index contributed by atoms with van der Waals surface area (Å²) < 4.78 is 0. The lowest BCUT2D eigenvalue weighted by molar-refractivity contribution is -0.384. The van der Waals surface area contributed by atoms with Crippen LogP contribution < -0.4 is 10.2 Å². The normalized spacial score (nSPS) is 22.1. The van der Waals surface area contributed by atoms with Crippen molar-refractivity contribution < 1.29 is 10.0 Å². The van der Waals surface area contributed by atoms with E-state index in [1.54, 1.807) is 12.1 Å². The quantitative estimate of drug-likeness (QED) is 0.644. The van der Waals surface area contributed by atoms with Gasteiger partial charge in [-0.3, -0.25) is 10.1 Å². The number of hydrogen-bond donors (Lipinski definition) is 2. The molecule has 1 aromatic carbocycles. The van der Waals surface area contributed by atoms with Crippen LogP contribution in [0.5, 0.6) is 0 Å². The predicted molar refractivity (Wildman–Crippen MR) is 83.9 cm³/mol. The number of benzene rings is 1. The number of piperidine rings is 1. The molecule has 116 valence electrons. The molecule has 0 bridgehead atoms. The fraction of sp³-hybridized carbons (Fsp3) is 0.600. The minimum Gasteiger partial charge on any atom is -0.388 e. The van der Waals surface area contributed by atoms with Crippen molar-refractivity contribution in [2.45, 2.75) is 38.7 Å². The molecule has 0 spiro atoms. The second-order valence-corrected chi connectivity index (χ2v) is 5.94. The van der Waals surface area contributed by atoms with E-state index in [-0.39, 0.29) is 10.6 Å². The monoisotopic (exact) mass is 293 g/mol. The van der Waals surface area contributed by atoms with Crippen LogP contribution >= 0.6 is 0 Å². The zero-order valence-electron chi connectivity index (χ0n) is 12.6. The Morgan fingerprint density at radius 2 is 2.24 bits per heavy atom. The van der Waals surface area contributed by atoms with Gasteiger partial charge in [0.25, 0.3) is 5.69 Å². The molecular weight excluding hydrogens is 270 g/mol. The summed E-state index contributed by atoms with van der Waals surface area (Å²) in [5.74, 6) is 0. The van der Waals surface area contributed by atoms with Crippen LogP contribution in [-0.4, -0.2) is 35.3 Å². The number of nitrogens with one attached hydrogen (secondary N) is 1. The molecule has 21 heavy (non-hydrogen) atoms. The maximum absolute atomic E-state index is 11.1. The van der Waals surface area contributed by atoms with Gasteiger partial charge in [-0.05, 0) is 32.3 Å². The van der Waals surface area contributed by atoms with Gasteiger partial charge in [0, 0.05) is 43.1 Å². The Kier molecular flexibility index (Phi) is 4.67. The molecule has 1 aliphatic heterocycles. The van der Waals surface area contributed by atoms with Gasteiger partial charge in [0.15, 0.2) is 0 Å². The van der Waals surface area contributed by atoms with Gasteiger partial charge < -0.3 is 15.3 Å². The van der Waals surface area contributed by atoms with Crippen molar-refractivity contribution in [3.8, 4) is 0 Å². The molecule has 0 amide bonds. The van der Waals surface area contributed by atoms with Crippen LogP contribution in [0, 0.1) is 10.1 Å². The molecule has 1 atom stereocenters. The Balaban J connectivity index is 2.28. The van der Waals surface area contributed by atoms with Gasteiger partial charge in [-0.25, -0.2) is 0 Å². The van der Waals surface area contributed by atoms with E-state index in [1.165, 1.54) is 0 Å². The fourth-order valence-electron chi connectivity index (χ4n) is 2.69. The van der Waals surface area contributed by atoms with Crippen molar-refractivity contribution in [3.63, 3.8) is 0 Å². The number of non-ortho nitro benzene ring substituents is 1. The van der Waals surface area contributed by atoms with Gasteiger partial charge in [0.05, 0.1) is 10.5 Å². The third-order valence-electron chi connectivity index (χ3n) is 3.73. The number of nitro benzene ring substituents is 1. The third-order valence-corrected chi connectivity index (χ3v) is 3.73. The average Bonchev–Trinajstić information content (AvgIpc) is 2.43. The largest absolute Gasteiger partial charge is 0.388 e. The van der Waals surface area contributed by atoms with Crippen molar-refractivity contribution in [1.82, 2.24) is 0 Å². The van der Waals surface area contributed by atoms with E-state index in [1.807, 2.05) is 24.8 Å². The number of anilines is 2. The van der Waals surface area contributed by atoms with Crippen molar-refractivity contribution in [1.29, 1.82) is 0 Å². The van der Waals surface area contributed by atoms with E-state index in [0.29, 0.717) is 6.54 Å². The molecule has 0 aliphatic carbocycles. The van der Waals surface area contributed by atoms with Crippen LogP contribution in [0.4, 0.5) is 17.1 Å². The molecule has 1 saturated heterocycles. The molecule has 1 heterocycles. The van der Waals surface area contributed by atoms with Crippen molar-refractivity contribution >= 4 is 17.1 Å². The third kappa shape index (κ3) is 4.07. The summed E-state index contributed by atoms with van der Waals surface area (Å²) in [5, 5.41) is 24.5. The molecular formula is C15H23N3O3. The zero-order valence-corrected chi connectivity index (χ0v) is 12.6. The highest BCUT2D eigenvalue weighted by atomic mass is 16.6. The van der Waals surface area contributed by atoms with E-state index in [0.717, 1.165) is 43.7 Å². The van der Waals surface area contributed by atoms with Gasteiger partial charge in [-0.15, -0.1) is 0 Å². The number of nitro groups is 1. The first-order chi connectivity index (χ1) is 9.91. The maximum atomic E-state index is 11.1. The minimum absolute atomic E-state index is 0.0799. The summed E-state index contributed by atoms with van der Waals surface area (Å²) in [7, 11) is 0. The van der Waals surface area contributed by atoms with Gasteiger partial charge in [0.1, 0.15) is 0 Å². The molecule has 1 unspecified atom stereocenters. The molecule has 2 rings (SSSR count). The standard InChI is InChI=1S/C15H23N3O3/c1-3-6-16-12-8-13(10-14(9-12)18(20)21)17-7-4-5-15(2,19)11-17/h8-10,16,19H,3-7,11H2,1-2H3. The van der Waals surface area contributed by atoms with Gasteiger partial charge in [-0.2, -0.15) is 0 Å². The van der Waals surface area contributed by atoms with Crippen molar-refractivity contribution in [2.24, 2.45) is 0 Å². The van der Waals surface area contributed by atoms with Crippen LogP contribution in [0.15, 0.2) is 18.2 Å². The molecule has 6 heteroatoms. The Bertz CT molecular complexity index is 517. The first kappa shape index (κ1) is 15.6. The predicted octanol–water partition coefficient (Wildman–Crippen LogP) is 2.77. The Morgan fingerprint density at radius 3 is 2.86 bits per heavy atom. The summed E-state index contributed by atoms with van der Waals surface area (Å²) in [6.45, 7) is 5.95. The smallest absolute Gasteiger partial charge is 0.273 e. The molecule has 1 aromatic rings. The Labute approximate surface area is 124 Å². The molecule has 0 radical (unpaired) electrons. The summed E-state index contributed by atoms with van der Waals surface area (Å²) in [5.41, 5.74) is 0.894. The van der Waals surface area contributed by atoms with Crippen LogP contribution in [0.1, 0.15) is 33.1 Å². The molecule has 1 aliphatic rings. The second kappa shape index (κ2) is 6.30. The van der Waals surface area contributed by atoms with Crippen LogP contribution in [-0.2, 0) is 0 Å². The van der Waals surface area contributed by atoms with Crippen molar-refractivity contribution in [2.75, 3.05) is 29.9 Å². The number of β-amino-alcohol motifs (C(OH)–C–C–N with tert-alkyl or cyclic N) is 1. The van der Waals surface area contributed by atoms with Crippen LogP contribution in [0.3, 0.4) is 0 Å². The highest BCUT2D eigenvalue weighted by Crippen LogP contribution is 2.31. The Morgan fingerprint density at radius 1 is 1.48 bits per heavy atom. The summed E-state index contributed by atoms with van der Waals surface area (Å²) >= 11 is 0. The lowest BCUT2D eigenvalue weighted by Gasteiger charge is -2.38. The maximum Gasteiger partial charge on any atom is 0.273 e. The second-order valence-electron chi connectivity index (χ2n) is 5.94. The van der Waals surface area contributed by atoms with E-state index in [9.17, 15) is 15.2 Å². The van der Waals surface area contributed by atoms with E-state index >= 15 is 0 Å². The SMILES string of the molecule is CCCNc1cc(N2CCCC(C)(O)C2)cc([N+](=O)[O-])c1. The van der Waals surface area contributed by atoms with Crippen LogP contribution in [0.2, 0.25) is 0 Å². The highest BCUT2D eigenvalue weighted by Gasteiger charge is 2.29. The first-order valence-corrected chi connectivity index (χ1v) is 7.42. The summed E-state index contributed by atoms with van der Waals surface area (Å²) in [6, 6.07) is 5.06. The minimum atomic E-state index is -0.736. The topological polar surface area (TPSA) is 78.6 Å². The number of aliphatic hydroxyl groups is 1. The molecule has 0 saturated carbocycles. The van der Waals surface area contributed by atoms with Gasteiger partial charge in [0.2, 0.25) is 0 Å². The lowest BCUT2D eigenvalue weighted by atomic mass is 9.94. The number of rotatable bonds is 5. The summed E-state index contributed by atoms with van der Waals surface area (Å²) in [6.07, 6.45) is 2.60. The summed E-state index contributed by atoms with van der Waals surface area (Å²) in [4.78, 5) is 12.7. The fourth-order valence-corrected chi connectivity index (χ4v) is 2.69. The molecule has 2 N–H and O–H groups in total.